The molecule has 1 atom stereocenters. The lowest BCUT2D eigenvalue weighted by Gasteiger charge is -2.15. The van der Waals surface area contributed by atoms with Crippen molar-refractivity contribution in [3.05, 3.63) is 54.4 Å². The van der Waals surface area contributed by atoms with Crippen molar-refractivity contribution in [2.45, 2.75) is 24.3 Å². The van der Waals surface area contributed by atoms with Crippen LogP contribution in [0.4, 0.5) is 19.3 Å². The van der Waals surface area contributed by atoms with Gasteiger partial charge in [-0.2, -0.15) is 8.78 Å². The Labute approximate surface area is 165 Å². The summed E-state index contributed by atoms with van der Waals surface area (Å²) in [6.45, 7) is -1.01. The van der Waals surface area contributed by atoms with E-state index in [1.807, 2.05) is 0 Å². The van der Waals surface area contributed by atoms with Crippen LogP contribution in [0.5, 0.6) is 0 Å². The Morgan fingerprint density at radius 2 is 1.83 bits per heavy atom. The molecule has 0 saturated carbocycles. The third-order valence-electron chi connectivity index (χ3n) is 4.27. The SMILES string of the molecule is CC(CNC(=O)Nc1ccc(S(N)(=O)=O)cc1)c1nc2ccccc2n1C(F)F. The number of primary sulfonamides is 1. The Balaban J connectivity index is 1.66. The zero-order chi connectivity index (χ0) is 21.2. The molecule has 0 saturated heterocycles. The number of nitrogens with zero attached hydrogens (tertiary/aromatic N) is 2. The largest absolute Gasteiger partial charge is 0.337 e. The van der Waals surface area contributed by atoms with E-state index in [0.717, 1.165) is 4.57 Å². The van der Waals surface area contributed by atoms with Crippen LogP contribution in [0.2, 0.25) is 0 Å². The number of urea groups is 1. The predicted octanol–water partition coefficient (Wildman–Crippen LogP) is 3.00. The number of carbonyl (C=O) groups excluding carboxylic acids is 1. The number of hydrogen-bond acceptors (Lipinski definition) is 4. The van der Waals surface area contributed by atoms with Crippen molar-refractivity contribution in [1.82, 2.24) is 14.9 Å². The second-order valence-electron chi connectivity index (χ2n) is 6.41. The first-order valence-corrected chi connectivity index (χ1v) is 10.1. The molecule has 29 heavy (non-hydrogen) atoms. The second kappa shape index (κ2) is 8.13. The first-order valence-electron chi connectivity index (χ1n) is 8.59. The minimum absolute atomic E-state index is 0.0666. The first-order chi connectivity index (χ1) is 13.7. The van der Waals surface area contributed by atoms with Crippen molar-refractivity contribution in [1.29, 1.82) is 0 Å². The van der Waals surface area contributed by atoms with Crippen molar-refractivity contribution >= 4 is 32.8 Å². The number of rotatable bonds is 6. The minimum atomic E-state index is -3.82. The minimum Gasteiger partial charge on any atom is -0.337 e. The van der Waals surface area contributed by atoms with Crippen LogP contribution >= 0.6 is 0 Å². The molecule has 0 aliphatic carbocycles. The summed E-state index contributed by atoms with van der Waals surface area (Å²) in [5.41, 5.74) is 1.13. The third kappa shape index (κ3) is 4.69. The number of alkyl halides is 2. The summed E-state index contributed by atoms with van der Waals surface area (Å²) >= 11 is 0. The Kier molecular flexibility index (Phi) is 5.80. The molecule has 0 spiro atoms. The van der Waals surface area contributed by atoms with Gasteiger partial charge in [0.25, 0.3) is 0 Å². The Morgan fingerprint density at radius 1 is 1.17 bits per heavy atom. The topological polar surface area (TPSA) is 119 Å². The average Bonchev–Trinajstić information content (AvgIpc) is 3.05. The van der Waals surface area contributed by atoms with Gasteiger partial charge < -0.3 is 10.6 Å². The van der Waals surface area contributed by atoms with Crippen molar-refractivity contribution in [2.75, 3.05) is 11.9 Å². The van der Waals surface area contributed by atoms with Crippen LogP contribution in [-0.2, 0) is 10.0 Å². The van der Waals surface area contributed by atoms with Gasteiger partial charge in [-0.15, -0.1) is 0 Å². The summed E-state index contributed by atoms with van der Waals surface area (Å²) in [6, 6.07) is 11.3. The molecule has 11 heteroatoms. The molecule has 0 aliphatic heterocycles. The van der Waals surface area contributed by atoms with E-state index in [9.17, 15) is 22.0 Å². The van der Waals surface area contributed by atoms with Gasteiger partial charge in [0.05, 0.1) is 15.9 Å². The summed E-state index contributed by atoms with van der Waals surface area (Å²) in [5.74, 6) is -0.314. The van der Waals surface area contributed by atoms with E-state index in [1.165, 1.54) is 24.3 Å². The van der Waals surface area contributed by atoms with Gasteiger partial charge in [0.15, 0.2) is 0 Å². The number of para-hydroxylation sites is 2. The summed E-state index contributed by atoms with van der Waals surface area (Å²) < 4.78 is 50.4. The normalized spacial score (nSPS) is 12.9. The van der Waals surface area contributed by atoms with E-state index in [1.54, 1.807) is 31.2 Å². The fraction of sp³-hybridized carbons (Fsp3) is 0.222. The van der Waals surface area contributed by atoms with E-state index >= 15 is 0 Å². The van der Waals surface area contributed by atoms with E-state index < -0.39 is 28.5 Å². The number of nitrogens with two attached hydrogens (primary N) is 1. The highest BCUT2D eigenvalue weighted by Gasteiger charge is 2.22. The number of hydrogen-bond donors (Lipinski definition) is 3. The zero-order valence-electron chi connectivity index (χ0n) is 15.3. The molecule has 2 amide bonds. The van der Waals surface area contributed by atoms with E-state index in [0.29, 0.717) is 16.7 Å². The molecule has 1 unspecified atom stereocenters. The lowest BCUT2D eigenvalue weighted by Crippen LogP contribution is -2.32. The van der Waals surface area contributed by atoms with Crippen LogP contribution in [0.3, 0.4) is 0 Å². The maximum atomic E-state index is 13.5. The second-order valence-corrected chi connectivity index (χ2v) is 7.97. The Hall–Kier alpha value is -3.05. The van der Waals surface area contributed by atoms with Crippen LogP contribution in [0.25, 0.3) is 11.0 Å². The van der Waals surface area contributed by atoms with Crippen LogP contribution in [0.15, 0.2) is 53.4 Å². The first kappa shape index (κ1) is 20.7. The Bertz CT molecular complexity index is 1130. The number of sulfonamides is 1. The number of carbonyl (C=O) groups is 1. The number of aromatic nitrogens is 2. The molecule has 4 N–H and O–H groups in total. The highest BCUT2D eigenvalue weighted by Crippen LogP contribution is 2.27. The summed E-state index contributed by atoms with van der Waals surface area (Å²) in [6.07, 6.45) is 0. The number of amides is 2. The van der Waals surface area contributed by atoms with Gasteiger partial charge in [-0.1, -0.05) is 19.1 Å². The highest BCUT2D eigenvalue weighted by molar-refractivity contribution is 7.89. The monoisotopic (exact) mass is 423 g/mol. The molecular formula is C18H19F2N5O3S. The van der Waals surface area contributed by atoms with Gasteiger partial charge >= 0.3 is 12.6 Å². The van der Waals surface area contributed by atoms with E-state index in [4.69, 9.17) is 5.14 Å². The predicted molar refractivity (Wildman–Crippen MR) is 104 cm³/mol. The standard InChI is InChI=1S/C18H19F2N5O3S/c1-11(16-24-14-4-2-3-5-15(14)25(16)17(19)20)10-22-18(26)23-12-6-8-13(9-7-12)29(21,27)28/h2-9,11,17H,10H2,1H3,(H2,21,27,28)(H2,22,23,26). The van der Waals surface area contributed by atoms with Crippen LogP contribution in [-0.4, -0.2) is 30.5 Å². The molecule has 3 aromatic rings. The number of benzene rings is 2. The van der Waals surface area contributed by atoms with Gasteiger partial charge in [0, 0.05) is 18.2 Å². The maximum absolute atomic E-state index is 13.5. The van der Waals surface area contributed by atoms with Gasteiger partial charge in [-0.25, -0.2) is 23.3 Å². The fourth-order valence-electron chi connectivity index (χ4n) is 2.86. The number of halogens is 2. The molecule has 0 bridgehead atoms. The molecule has 1 aromatic heterocycles. The lowest BCUT2D eigenvalue weighted by molar-refractivity contribution is 0.0704. The quantitative estimate of drug-likeness (QED) is 0.565. The van der Waals surface area contributed by atoms with Crippen molar-refractivity contribution < 1.29 is 22.0 Å². The molecule has 0 radical (unpaired) electrons. The van der Waals surface area contributed by atoms with Crippen molar-refractivity contribution in [3.63, 3.8) is 0 Å². The smallest absolute Gasteiger partial charge is 0.320 e. The molecule has 154 valence electrons. The Morgan fingerprint density at radius 3 is 2.45 bits per heavy atom. The van der Waals surface area contributed by atoms with E-state index in [2.05, 4.69) is 15.6 Å². The fourth-order valence-corrected chi connectivity index (χ4v) is 3.37. The van der Waals surface area contributed by atoms with Gasteiger partial charge in [0.1, 0.15) is 5.82 Å². The zero-order valence-corrected chi connectivity index (χ0v) is 16.2. The van der Waals surface area contributed by atoms with Crippen LogP contribution < -0.4 is 15.8 Å². The summed E-state index contributed by atoms with van der Waals surface area (Å²) in [7, 11) is -3.82. The van der Waals surface area contributed by atoms with E-state index in [-0.39, 0.29) is 17.3 Å². The third-order valence-corrected chi connectivity index (χ3v) is 5.20. The lowest BCUT2D eigenvalue weighted by atomic mass is 10.1. The molecule has 3 rings (SSSR count). The van der Waals surface area contributed by atoms with Crippen LogP contribution in [0, 0.1) is 0 Å². The molecule has 8 nitrogen and oxygen atoms in total. The van der Waals surface area contributed by atoms with Gasteiger partial charge in [0.2, 0.25) is 10.0 Å². The van der Waals surface area contributed by atoms with Crippen LogP contribution in [0.1, 0.15) is 25.2 Å². The summed E-state index contributed by atoms with van der Waals surface area (Å²) in [5, 5.41) is 10.1. The van der Waals surface area contributed by atoms with Crippen molar-refractivity contribution in [3.8, 4) is 0 Å². The average molecular weight is 423 g/mol. The van der Waals surface area contributed by atoms with Gasteiger partial charge in [-0.05, 0) is 36.4 Å². The highest BCUT2D eigenvalue weighted by atomic mass is 32.2. The number of nitrogens with one attached hydrogen (secondary N) is 2. The number of anilines is 1. The molecule has 1 heterocycles. The number of imidazole rings is 1. The summed E-state index contributed by atoms with van der Waals surface area (Å²) in [4.78, 5) is 16.3. The molecule has 0 fully saturated rings. The molecule has 2 aromatic carbocycles. The van der Waals surface area contributed by atoms with Gasteiger partial charge in [-0.3, -0.25) is 4.57 Å². The maximum Gasteiger partial charge on any atom is 0.320 e. The molecular weight excluding hydrogens is 404 g/mol. The number of fused-ring (bicyclic) bond motifs is 1. The molecule has 0 aliphatic rings. The van der Waals surface area contributed by atoms with Crippen molar-refractivity contribution in [2.24, 2.45) is 5.14 Å².